The van der Waals surface area contributed by atoms with Gasteiger partial charge in [-0.3, -0.25) is 0 Å². The van der Waals surface area contributed by atoms with Crippen molar-refractivity contribution >= 4 is 62.7 Å². The molecule has 2 N–H and O–H groups in total. The minimum absolute atomic E-state index is 0. The average molecular weight is 451 g/mol. The molecule has 1 heterocycles. The summed E-state index contributed by atoms with van der Waals surface area (Å²) in [5, 5.41) is 7.74. The van der Waals surface area contributed by atoms with Crippen molar-refractivity contribution in [1.29, 1.82) is 0 Å². The normalized spacial score (nSPS) is 12.1. The zero-order valence-corrected chi connectivity index (χ0v) is 17.3. The quantitative estimate of drug-likeness (QED) is 0.643. The van der Waals surface area contributed by atoms with E-state index in [4.69, 9.17) is 28.3 Å². The molecule has 0 radical (unpaired) electrons. The lowest BCUT2D eigenvalue weighted by atomic mass is 10.2. The molecule has 26 heavy (non-hydrogen) atoms. The first kappa shape index (κ1) is 21.0. The fourth-order valence-electron chi connectivity index (χ4n) is 2.26. The van der Waals surface area contributed by atoms with E-state index in [9.17, 15) is 8.42 Å². The molecule has 3 rings (SSSR count). The number of sulfonamides is 1. The van der Waals surface area contributed by atoms with Crippen molar-refractivity contribution in [2.45, 2.75) is 4.90 Å². The van der Waals surface area contributed by atoms with Crippen LogP contribution in [0.4, 0.5) is 5.69 Å². The number of thiazole rings is 1. The zero-order valence-electron chi connectivity index (χ0n) is 13.4. The highest BCUT2D eigenvalue weighted by Crippen LogP contribution is 2.28. The van der Waals surface area contributed by atoms with Gasteiger partial charge < -0.3 is 4.57 Å². The van der Waals surface area contributed by atoms with Crippen molar-refractivity contribution in [2.75, 3.05) is 0 Å². The highest BCUT2D eigenvalue weighted by Gasteiger charge is 2.15. The molecule has 0 unspecified atom stereocenters. The molecule has 0 saturated carbocycles. The van der Waals surface area contributed by atoms with Crippen LogP contribution >= 0.6 is 46.9 Å². The lowest BCUT2D eigenvalue weighted by molar-refractivity contribution is 0.598. The molecule has 0 fully saturated rings. The number of nitrogens with zero attached hydrogens (tertiary/aromatic N) is 2. The van der Waals surface area contributed by atoms with Crippen molar-refractivity contribution in [3.63, 3.8) is 0 Å². The second kappa shape index (κ2) is 8.12. The number of nitrogens with two attached hydrogens (primary N) is 1. The molecule has 0 aliphatic rings. The van der Waals surface area contributed by atoms with E-state index in [0.29, 0.717) is 16.3 Å². The number of hydrogen-bond donors (Lipinski definition) is 1. The van der Waals surface area contributed by atoms with Gasteiger partial charge >= 0.3 is 0 Å². The number of aromatic nitrogens is 1. The largest absolute Gasteiger partial charge is 0.320 e. The number of halogens is 3. The summed E-state index contributed by atoms with van der Waals surface area (Å²) in [5.74, 6) is 0. The van der Waals surface area contributed by atoms with Crippen LogP contribution < -0.4 is 9.94 Å². The molecule has 0 saturated heterocycles. The van der Waals surface area contributed by atoms with Gasteiger partial charge in [-0.2, -0.15) is 0 Å². The van der Waals surface area contributed by atoms with Crippen LogP contribution in [0.1, 0.15) is 0 Å². The Morgan fingerprint density at radius 1 is 1.12 bits per heavy atom. The summed E-state index contributed by atoms with van der Waals surface area (Å²) >= 11 is 13.5. The Morgan fingerprint density at radius 3 is 2.46 bits per heavy atom. The van der Waals surface area contributed by atoms with Crippen LogP contribution in [0, 0.1) is 0 Å². The molecule has 0 amide bonds. The van der Waals surface area contributed by atoms with E-state index in [0.717, 1.165) is 10.5 Å². The molecule has 0 aliphatic carbocycles. The smallest absolute Gasteiger partial charge is 0.239 e. The molecule has 138 valence electrons. The third kappa shape index (κ3) is 4.31. The summed E-state index contributed by atoms with van der Waals surface area (Å²) in [5.41, 5.74) is 2.12. The van der Waals surface area contributed by atoms with Crippen LogP contribution in [0.2, 0.25) is 10.0 Å². The lowest BCUT2D eigenvalue weighted by Crippen LogP contribution is -2.13. The Hall–Kier alpha value is -1.35. The Morgan fingerprint density at radius 2 is 1.81 bits per heavy atom. The van der Waals surface area contributed by atoms with Crippen LogP contribution in [0.15, 0.2) is 57.7 Å². The highest BCUT2D eigenvalue weighted by atomic mass is 35.5. The van der Waals surface area contributed by atoms with Crippen molar-refractivity contribution < 1.29 is 8.42 Å². The van der Waals surface area contributed by atoms with E-state index in [-0.39, 0.29) is 22.3 Å². The van der Waals surface area contributed by atoms with E-state index in [1.54, 1.807) is 12.1 Å². The standard InChI is InChI=1S/C16H13Cl2N3O2S2.ClH/c1-21-14(10-6-7-12(18)15(8-10)25(19,22)23)9-24-16(21)20-13-5-3-2-4-11(13)17;/h2-9H,1H3,(H2,19,22,23);1H/b20-16+;. The Bertz CT molecular complexity index is 1120. The maximum atomic E-state index is 11.7. The predicted molar refractivity (Wildman–Crippen MR) is 109 cm³/mol. The molecule has 0 aliphatic heterocycles. The predicted octanol–water partition coefficient (Wildman–Crippen LogP) is 4.36. The molecule has 0 atom stereocenters. The number of rotatable bonds is 3. The molecule has 0 spiro atoms. The van der Waals surface area contributed by atoms with E-state index in [1.807, 2.05) is 35.2 Å². The summed E-state index contributed by atoms with van der Waals surface area (Å²) in [6.45, 7) is 0. The number of primary sulfonamides is 1. The second-order valence-electron chi connectivity index (χ2n) is 5.22. The molecular formula is C16H14Cl3N3O2S2. The molecule has 2 aromatic carbocycles. The van der Waals surface area contributed by atoms with Gasteiger partial charge in [-0.25, -0.2) is 18.5 Å². The van der Waals surface area contributed by atoms with E-state index in [2.05, 4.69) is 4.99 Å². The van der Waals surface area contributed by atoms with Crippen molar-refractivity contribution in [2.24, 2.45) is 17.2 Å². The third-order valence-electron chi connectivity index (χ3n) is 3.53. The van der Waals surface area contributed by atoms with Gasteiger partial charge in [0.05, 0.1) is 21.4 Å². The zero-order chi connectivity index (χ0) is 18.2. The van der Waals surface area contributed by atoms with Crippen LogP contribution in [-0.2, 0) is 17.1 Å². The molecule has 5 nitrogen and oxygen atoms in total. The molecule has 3 aromatic rings. The summed E-state index contributed by atoms with van der Waals surface area (Å²) < 4.78 is 25.2. The maximum Gasteiger partial charge on any atom is 0.239 e. The summed E-state index contributed by atoms with van der Waals surface area (Å²) in [6.07, 6.45) is 0. The van der Waals surface area contributed by atoms with Crippen LogP contribution in [-0.4, -0.2) is 13.0 Å². The second-order valence-corrected chi connectivity index (χ2v) is 8.40. The monoisotopic (exact) mass is 449 g/mol. The van der Waals surface area contributed by atoms with E-state index >= 15 is 0 Å². The molecular weight excluding hydrogens is 437 g/mol. The fourth-order valence-corrected chi connectivity index (χ4v) is 4.43. The summed E-state index contributed by atoms with van der Waals surface area (Å²) in [6, 6.07) is 12.0. The summed E-state index contributed by atoms with van der Waals surface area (Å²) in [4.78, 5) is 5.16. The Balaban J connectivity index is 0.00000243. The van der Waals surface area contributed by atoms with Gasteiger partial charge in [-0.15, -0.1) is 23.7 Å². The van der Waals surface area contributed by atoms with Crippen LogP contribution in [0.25, 0.3) is 11.3 Å². The van der Waals surface area contributed by atoms with Gasteiger partial charge in [-0.1, -0.05) is 41.4 Å². The fraction of sp³-hybridized carbons (Fsp3) is 0.0625. The van der Waals surface area contributed by atoms with Gasteiger partial charge in [0.15, 0.2) is 4.80 Å². The highest BCUT2D eigenvalue weighted by molar-refractivity contribution is 7.89. The summed E-state index contributed by atoms with van der Waals surface area (Å²) in [7, 11) is -2.06. The SMILES string of the molecule is Cl.Cn1c(-c2ccc(Cl)c(S(N)(=O)=O)c2)cs/c1=N/c1ccccc1Cl. The topological polar surface area (TPSA) is 77.5 Å². The van der Waals surface area contributed by atoms with Gasteiger partial charge in [0, 0.05) is 18.0 Å². The molecule has 0 bridgehead atoms. The number of para-hydroxylation sites is 1. The van der Waals surface area contributed by atoms with Crippen molar-refractivity contribution in [3.05, 3.63) is 62.7 Å². The van der Waals surface area contributed by atoms with E-state index < -0.39 is 10.0 Å². The minimum Gasteiger partial charge on any atom is -0.320 e. The van der Waals surface area contributed by atoms with Gasteiger partial charge in [0.2, 0.25) is 10.0 Å². The van der Waals surface area contributed by atoms with Crippen LogP contribution in [0.5, 0.6) is 0 Å². The van der Waals surface area contributed by atoms with Gasteiger partial charge in [-0.05, 0) is 24.3 Å². The van der Waals surface area contributed by atoms with Gasteiger partial charge in [0.25, 0.3) is 0 Å². The van der Waals surface area contributed by atoms with Crippen molar-refractivity contribution in [1.82, 2.24) is 4.57 Å². The third-order valence-corrected chi connectivity index (χ3v) is 6.16. The Kier molecular flexibility index (Phi) is 6.55. The average Bonchev–Trinajstić information content (AvgIpc) is 2.90. The number of benzene rings is 2. The molecule has 10 heteroatoms. The first-order valence-electron chi connectivity index (χ1n) is 7.04. The Labute approximate surface area is 171 Å². The van der Waals surface area contributed by atoms with Gasteiger partial charge in [0.1, 0.15) is 4.90 Å². The van der Waals surface area contributed by atoms with Crippen LogP contribution in [0.3, 0.4) is 0 Å². The first-order valence-corrected chi connectivity index (χ1v) is 10.2. The minimum atomic E-state index is -3.90. The lowest BCUT2D eigenvalue weighted by Gasteiger charge is -2.07. The molecule has 1 aromatic heterocycles. The maximum absolute atomic E-state index is 11.7. The first-order chi connectivity index (χ1) is 11.8. The number of hydrogen-bond acceptors (Lipinski definition) is 4. The van der Waals surface area contributed by atoms with E-state index in [1.165, 1.54) is 23.5 Å². The van der Waals surface area contributed by atoms with Crippen molar-refractivity contribution in [3.8, 4) is 11.3 Å².